The number of carbonyl (C=O) groups is 2. The van der Waals surface area contributed by atoms with Crippen LogP contribution in [0.25, 0.3) is 0 Å². The molecule has 6 heteroatoms. The number of hydrogen-bond acceptors (Lipinski definition) is 3. The van der Waals surface area contributed by atoms with E-state index in [-0.39, 0.29) is 5.56 Å². The Labute approximate surface area is 149 Å². The molecule has 0 saturated carbocycles. The number of benzene rings is 2. The summed E-state index contributed by atoms with van der Waals surface area (Å²) >= 11 is 12.1. The summed E-state index contributed by atoms with van der Waals surface area (Å²) in [4.78, 5) is 25.6. The van der Waals surface area contributed by atoms with Gasteiger partial charge < -0.3 is 9.64 Å². The molecule has 1 heterocycles. The van der Waals surface area contributed by atoms with Crippen molar-refractivity contribution in [2.45, 2.75) is 13.3 Å². The first-order valence-corrected chi connectivity index (χ1v) is 8.27. The Kier molecular flexibility index (Phi) is 4.78. The van der Waals surface area contributed by atoms with Crippen LogP contribution in [0.3, 0.4) is 0 Å². The van der Waals surface area contributed by atoms with Gasteiger partial charge in [-0.05, 0) is 43.2 Å². The minimum absolute atomic E-state index is 0.261. The summed E-state index contributed by atoms with van der Waals surface area (Å²) in [6.07, 6.45) is 0.575. The number of ketones is 1. The maximum Gasteiger partial charge on any atom is 0.299 e. The minimum Gasteiger partial charge on any atom is -0.494 e. The number of Topliss-reactive ketones (excluding diaryl/α,β-unsaturated/α-hetero) is 1. The maximum absolute atomic E-state index is 12.2. The summed E-state index contributed by atoms with van der Waals surface area (Å²) in [6, 6.07) is 10.7. The van der Waals surface area contributed by atoms with Gasteiger partial charge >= 0.3 is 0 Å². The summed E-state index contributed by atoms with van der Waals surface area (Å²) in [5.74, 6) is -0.372. The van der Waals surface area contributed by atoms with Crippen molar-refractivity contribution in [3.05, 3.63) is 57.6 Å². The van der Waals surface area contributed by atoms with Crippen LogP contribution in [0.5, 0.6) is 5.75 Å². The summed E-state index contributed by atoms with van der Waals surface area (Å²) < 4.78 is 5.67. The monoisotopic (exact) mass is 363 g/mol. The predicted molar refractivity (Wildman–Crippen MR) is 94.4 cm³/mol. The second-order valence-corrected chi connectivity index (χ2v) is 6.43. The number of anilines is 1. The van der Waals surface area contributed by atoms with Crippen LogP contribution in [0.1, 0.15) is 22.3 Å². The zero-order valence-corrected chi connectivity index (χ0v) is 14.5. The Hall–Kier alpha value is -2.04. The van der Waals surface area contributed by atoms with Crippen LogP contribution in [-0.4, -0.2) is 24.8 Å². The van der Waals surface area contributed by atoms with Gasteiger partial charge in [-0.1, -0.05) is 35.3 Å². The lowest BCUT2D eigenvalue weighted by molar-refractivity contribution is -0.114. The predicted octanol–water partition coefficient (Wildman–Crippen LogP) is 4.30. The van der Waals surface area contributed by atoms with Gasteiger partial charge in [0.25, 0.3) is 11.7 Å². The van der Waals surface area contributed by atoms with Gasteiger partial charge in [0.2, 0.25) is 0 Å². The first-order chi connectivity index (χ1) is 11.5. The van der Waals surface area contributed by atoms with Crippen molar-refractivity contribution in [2.24, 2.45) is 0 Å². The van der Waals surface area contributed by atoms with E-state index in [9.17, 15) is 9.59 Å². The molecule has 0 saturated heterocycles. The van der Waals surface area contributed by atoms with Crippen LogP contribution in [0.15, 0.2) is 36.4 Å². The van der Waals surface area contributed by atoms with Crippen molar-refractivity contribution in [1.29, 1.82) is 0 Å². The normalized spacial score (nSPS) is 13.4. The lowest BCUT2D eigenvalue weighted by atomic mass is 10.1. The number of rotatable bonds is 5. The van der Waals surface area contributed by atoms with E-state index in [4.69, 9.17) is 27.9 Å². The molecule has 0 unspecified atom stereocenters. The van der Waals surface area contributed by atoms with Crippen molar-refractivity contribution >= 4 is 40.6 Å². The molecule has 24 heavy (non-hydrogen) atoms. The van der Waals surface area contributed by atoms with E-state index in [0.29, 0.717) is 35.3 Å². The largest absolute Gasteiger partial charge is 0.494 e. The highest BCUT2D eigenvalue weighted by molar-refractivity contribution is 6.54. The van der Waals surface area contributed by atoms with E-state index in [1.165, 1.54) is 17.0 Å². The van der Waals surface area contributed by atoms with Crippen LogP contribution in [0, 0.1) is 6.92 Å². The number of ether oxygens (including phenoxy) is 1. The average Bonchev–Trinajstić information content (AvgIpc) is 2.77. The molecule has 0 aromatic heterocycles. The van der Waals surface area contributed by atoms with Gasteiger partial charge in [-0.3, -0.25) is 9.59 Å². The lowest BCUT2D eigenvalue weighted by Crippen LogP contribution is -2.31. The topological polar surface area (TPSA) is 46.6 Å². The molecule has 0 fully saturated rings. The molecule has 0 radical (unpaired) electrons. The molecule has 3 rings (SSSR count). The number of aryl methyl sites for hydroxylation is 1. The summed E-state index contributed by atoms with van der Waals surface area (Å²) in [6.45, 7) is 2.78. The van der Waals surface area contributed by atoms with Crippen molar-refractivity contribution < 1.29 is 14.3 Å². The molecule has 4 nitrogen and oxygen atoms in total. The molecule has 2 aromatic rings. The fourth-order valence-electron chi connectivity index (χ4n) is 2.68. The van der Waals surface area contributed by atoms with Gasteiger partial charge in [-0.15, -0.1) is 0 Å². The first-order valence-electron chi connectivity index (χ1n) is 7.52. The van der Waals surface area contributed by atoms with Crippen molar-refractivity contribution in [1.82, 2.24) is 0 Å². The van der Waals surface area contributed by atoms with Crippen molar-refractivity contribution in [3.8, 4) is 5.75 Å². The van der Waals surface area contributed by atoms with E-state index in [0.717, 1.165) is 11.3 Å². The molecule has 0 spiro atoms. The molecule has 1 aliphatic heterocycles. The third kappa shape index (κ3) is 3.25. The van der Waals surface area contributed by atoms with Crippen molar-refractivity contribution in [2.75, 3.05) is 18.1 Å². The van der Waals surface area contributed by atoms with Gasteiger partial charge in [-0.2, -0.15) is 0 Å². The second-order valence-electron chi connectivity index (χ2n) is 5.59. The Bertz CT molecular complexity index is 820. The SMILES string of the molecule is Cc1cccc(OCCCN2C(=O)C(=O)c3cc(Cl)cc(Cl)c32)c1. The van der Waals surface area contributed by atoms with Gasteiger partial charge in [0.1, 0.15) is 5.75 Å². The fourth-order valence-corrected chi connectivity index (χ4v) is 3.28. The molecule has 0 bridgehead atoms. The molecule has 1 amide bonds. The van der Waals surface area contributed by atoms with Gasteiger partial charge in [0.15, 0.2) is 0 Å². The molecular formula is C18H15Cl2NO3. The number of fused-ring (bicyclic) bond motifs is 1. The van der Waals surface area contributed by atoms with E-state index >= 15 is 0 Å². The highest BCUT2D eigenvalue weighted by Gasteiger charge is 2.37. The van der Waals surface area contributed by atoms with E-state index < -0.39 is 11.7 Å². The third-order valence-corrected chi connectivity index (χ3v) is 4.27. The van der Waals surface area contributed by atoms with Crippen molar-refractivity contribution in [3.63, 3.8) is 0 Å². The molecule has 0 aliphatic carbocycles. The van der Waals surface area contributed by atoms with E-state index in [2.05, 4.69) is 0 Å². The second kappa shape index (κ2) is 6.83. The molecular weight excluding hydrogens is 349 g/mol. The summed E-state index contributed by atoms with van der Waals surface area (Å²) in [5.41, 5.74) is 1.81. The molecule has 124 valence electrons. The van der Waals surface area contributed by atoms with Crippen LogP contribution >= 0.6 is 23.2 Å². The average molecular weight is 364 g/mol. The van der Waals surface area contributed by atoms with Crippen LogP contribution < -0.4 is 9.64 Å². The number of halogens is 2. The zero-order valence-electron chi connectivity index (χ0n) is 13.0. The Balaban J connectivity index is 1.66. The van der Waals surface area contributed by atoms with Crippen LogP contribution in [0.2, 0.25) is 10.0 Å². The fraction of sp³-hybridized carbons (Fsp3) is 0.222. The zero-order chi connectivity index (χ0) is 17.3. The number of nitrogens with zero attached hydrogens (tertiary/aromatic N) is 1. The van der Waals surface area contributed by atoms with Crippen LogP contribution in [0.4, 0.5) is 5.69 Å². The Morgan fingerprint density at radius 2 is 1.92 bits per heavy atom. The number of hydrogen-bond donors (Lipinski definition) is 0. The van der Waals surface area contributed by atoms with E-state index in [1.54, 1.807) is 0 Å². The maximum atomic E-state index is 12.2. The minimum atomic E-state index is -0.579. The number of amides is 1. The first kappa shape index (κ1) is 16.8. The highest BCUT2D eigenvalue weighted by Crippen LogP contribution is 2.38. The van der Waals surface area contributed by atoms with Gasteiger partial charge in [0, 0.05) is 11.6 Å². The van der Waals surface area contributed by atoms with Crippen LogP contribution in [-0.2, 0) is 4.79 Å². The highest BCUT2D eigenvalue weighted by atomic mass is 35.5. The Morgan fingerprint density at radius 1 is 1.12 bits per heavy atom. The Morgan fingerprint density at radius 3 is 2.67 bits per heavy atom. The molecule has 0 atom stereocenters. The molecule has 0 N–H and O–H groups in total. The van der Waals surface area contributed by atoms with Gasteiger partial charge in [-0.25, -0.2) is 0 Å². The quantitative estimate of drug-likeness (QED) is 0.587. The third-order valence-electron chi connectivity index (χ3n) is 3.77. The standard InChI is InChI=1S/C18H15Cl2NO3/c1-11-4-2-5-13(8-11)24-7-3-6-21-16-14(17(22)18(21)23)9-12(19)10-15(16)20/h2,4-5,8-10H,3,6-7H2,1H3. The number of carbonyl (C=O) groups excluding carboxylic acids is 2. The summed E-state index contributed by atoms with van der Waals surface area (Å²) in [7, 11) is 0. The molecule has 1 aliphatic rings. The smallest absolute Gasteiger partial charge is 0.299 e. The van der Waals surface area contributed by atoms with E-state index in [1.807, 2.05) is 31.2 Å². The van der Waals surface area contributed by atoms with Gasteiger partial charge in [0.05, 0.1) is 22.9 Å². The lowest BCUT2D eigenvalue weighted by Gasteiger charge is -2.18. The molecule has 2 aromatic carbocycles. The summed E-state index contributed by atoms with van der Waals surface area (Å²) in [5, 5.41) is 0.640.